The van der Waals surface area contributed by atoms with Gasteiger partial charge < -0.3 is 86.0 Å². The third-order valence-electron chi connectivity index (χ3n) is 6.66. The minimum absolute atomic E-state index is 0. The van der Waals surface area contributed by atoms with Crippen LogP contribution in [-0.2, 0) is 86.0 Å². The van der Waals surface area contributed by atoms with Crippen LogP contribution in [0.5, 0.6) is 0 Å². The molecular formula is C32H98O20Si12. The molecule has 0 heterocycles. The number of hydrogen-bond acceptors (Lipinski definition) is 20. The minimum atomic E-state index is -2.99. The molecule has 0 rings (SSSR count). The summed E-state index contributed by atoms with van der Waals surface area (Å²) in [5, 5.41) is 0. The molecule has 0 aliphatic carbocycles. The maximum Gasteiger partial charge on any atom is 0.669 e. The van der Waals surface area contributed by atoms with Gasteiger partial charge in [0.25, 0.3) is 0 Å². The molecule has 0 aliphatic heterocycles. The lowest BCUT2D eigenvalue weighted by Gasteiger charge is -2.35. The van der Waals surface area contributed by atoms with Gasteiger partial charge in [-0.25, -0.2) is 0 Å². The van der Waals surface area contributed by atoms with E-state index in [-0.39, 0.29) is 7.43 Å². The highest BCUT2D eigenvalue weighted by molar-refractivity contribution is 6.86. The first-order chi connectivity index (χ1) is 28.1. The zero-order valence-corrected chi connectivity index (χ0v) is 57.4. The summed E-state index contributed by atoms with van der Waals surface area (Å²) in [5.41, 5.74) is 0. The Hall–Kier alpha value is 1.80. The Bertz CT molecular complexity index is 1030. The fraction of sp³-hybridized carbons (Fsp3) is 1.00. The van der Waals surface area contributed by atoms with Crippen molar-refractivity contribution in [2.24, 2.45) is 0 Å². The van der Waals surface area contributed by atoms with Crippen molar-refractivity contribution in [1.82, 2.24) is 0 Å². The van der Waals surface area contributed by atoms with Gasteiger partial charge in [0.1, 0.15) is 0 Å². The van der Waals surface area contributed by atoms with Gasteiger partial charge in [-0.05, 0) is 124 Å². The van der Waals surface area contributed by atoms with E-state index in [4.69, 9.17) is 86.0 Å². The Labute approximate surface area is 405 Å². The third kappa shape index (κ3) is 35.0. The summed E-state index contributed by atoms with van der Waals surface area (Å²) < 4.78 is 110. The molecule has 0 amide bonds. The van der Waals surface area contributed by atoms with Crippen LogP contribution >= 0.6 is 0 Å². The molecule has 32 heteroatoms. The van der Waals surface area contributed by atoms with E-state index in [2.05, 4.69) is 72.0 Å². The SMILES string of the molecule is C.CO[Si](OC)(OC)O[Si](C)(C)O[SiH](C)C.CO[Si](OC)(OC)O[Si](C)(C)O[Si](C)(C)C.CO[Si](OC)(OC)O[Si](C)(C)O[Si](C)(C)C.CO[Si](OC)(OC)O[Si](C)(C)O[Si](C)(C)C. The Morgan fingerprint density at radius 2 is 0.375 bits per heavy atom. The normalized spacial score (nSPS) is 13.9. The van der Waals surface area contributed by atoms with Gasteiger partial charge in [-0.2, -0.15) is 0 Å². The standard InChI is InChI=1S/3C8H24O5Si3.C7H22O5Si3.CH4/c3*1-9-16(10-2,11-3)13-15(7,8)12-14(4,5)6;1-8-15(9-2,10-3)12-14(6,7)11-13(4)5;/h3*1-8H3;13H,1-7H3;1H4. The molecule has 0 saturated carbocycles. The molecule has 0 radical (unpaired) electrons. The molecule has 0 saturated heterocycles. The minimum Gasteiger partial charge on any atom is -0.439 e. The average molecular weight is 1140 g/mol. The van der Waals surface area contributed by atoms with Gasteiger partial charge >= 0.3 is 70.4 Å². The van der Waals surface area contributed by atoms with Crippen molar-refractivity contribution in [3.63, 3.8) is 0 Å². The first kappa shape index (κ1) is 74.7. The quantitative estimate of drug-likeness (QED) is 0.0701. The van der Waals surface area contributed by atoms with Crippen LogP contribution in [0.3, 0.4) is 0 Å². The van der Waals surface area contributed by atoms with E-state index in [0.717, 1.165) is 0 Å². The van der Waals surface area contributed by atoms with Crippen LogP contribution in [0, 0.1) is 0 Å². The second kappa shape index (κ2) is 32.0. The third-order valence-corrected chi connectivity index (χ3v) is 41.9. The van der Waals surface area contributed by atoms with Gasteiger partial charge in [0.15, 0.2) is 34.0 Å². The zero-order valence-electron chi connectivity index (χ0n) is 45.2. The summed E-state index contributed by atoms with van der Waals surface area (Å²) in [4.78, 5) is 0. The fourth-order valence-corrected chi connectivity index (χ4v) is 45.7. The summed E-state index contributed by atoms with van der Waals surface area (Å²) in [6.45, 7) is 39.1. The molecule has 64 heavy (non-hydrogen) atoms. The van der Waals surface area contributed by atoms with Crippen molar-refractivity contribution in [3.8, 4) is 0 Å². The lowest BCUT2D eigenvalue weighted by molar-refractivity contribution is 0.0401. The predicted molar refractivity (Wildman–Crippen MR) is 281 cm³/mol. The summed E-state index contributed by atoms with van der Waals surface area (Å²) in [6, 6.07) is 0. The molecule has 20 nitrogen and oxygen atoms in total. The Balaban J connectivity index is -0.000000241. The molecule has 0 spiro atoms. The molecule has 0 aromatic rings. The van der Waals surface area contributed by atoms with Crippen LogP contribution in [0.1, 0.15) is 7.43 Å². The van der Waals surface area contributed by atoms with Gasteiger partial charge in [-0.3, -0.25) is 0 Å². The fourth-order valence-electron chi connectivity index (χ4n) is 5.57. The van der Waals surface area contributed by atoms with Crippen molar-refractivity contribution in [3.05, 3.63) is 0 Å². The number of rotatable bonds is 28. The first-order valence-electron chi connectivity index (χ1n) is 20.3. The van der Waals surface area contributed by atoms with Crippen molar-refractivity contribution >= 4 is 104 Å². The summed E-state index contributed by atoms with van der Waals surface area (Å²) in [6.07, 6.45) is 0. The predicted octanol–water partition coefficient (Wildman–Crippen LogP) is 7.51. The van der Waals surface area contributed by atoms with Crippen molar-refractivity contribution in [1.29, 1.82) is 0 Å². The van der Waals surface area contributed by atoms with Crippen molar-refractivity contribution in [2.75, 3.05) is 85.3 Å². The summed E-state index contributed by atoms with van der Waals surface area (Å²) >= 11 is 0. The molecular weight excluding hydrogens is 1040 g/mol. The number of hydrogen-bond donors (Lipinski definition) is 0. The summed E-state index contributed by atoms with van der Waals surface area (Å²) in [5.74, 6) is 0. The summed E-state index contributed by atoms with van der Waals surface area (Å²) in [7, 11) is -8.76. The molecule has 394 valence electrons. The lowest BCUT2D eigenvalue weighted by atomic mass is 11.8. The van der Waals surface area contributed by atoms with Crippen LogP contribution in [-0.4, -0.2) is 190 Å². The van der Waals surface area contributed by atoms with E-state index >= 15 is 0 Å². The Morgan fingerprint density at radius 1 is 0.234 bits per heavy atom. The Morgan fingerprint density at radius 3 is 0.484 bits per heavy atom. The van der Waals surface area contributed by atoms with Crippen LogP contribution < -0.4 is 0 Å². The molecule has 0 atom stereocenters. The molecule has 0 bridgehead atoms. The van der Waals surface area contributed by atoms with Crippen LogP contribution in [0.25, 0.3) is 0 Å². The van der Waals surface area contributed by atoms with Crippen molar-refractivity contribution < 1.29 is 86.0 Å². The van der Waals surface area contributed by atoms with E-state index in [1.54, 1.807) is 0 Å². The molecule has 0 fully saturated rings. The highest BCUT2D eigenvalue weighted by Gasteiger charge is 2.52. The maximum absolute atomic E-state index is 6.04. The topological polar surface area (TPSA) is 185 Å². The molecule has 0 aromatic carbocycles. The molecule has 0 aliphatic rings. The second-order valence-corrected chi connectivity index (χ2v) is 59.8. The van der Waals surface area contributed by atoms with Crippen LogP contribution in [0.15, 0.2) is 0 Å². The lowest BCUT2D eigenvalue weighted by Crippen LogP contribution is -2.57. The van der Waals surface area contributed by atoms with E-state index < -0.39 is 104 Å². The Kier molecular flexibility index (Phi) is 37.4. The van der Waals surface area contributed by atoms with E-state index in [9.17, 15) is 0 Å². The monoisotopic (exact) mass is 1140 g/mol. The smallest absolute Gasteiger partial charge is 0.439 e. The maximum atomic E-state index is 6.04. The van der Waals surface area contributed by atoms with Crippen molar-refractivity contribution in [2.45, 2.75) is 132 Å². The van der Waals surface area contributed by atoms with Gasteiger partial charge in [0, 0.05) is 85.3 Å². The van der Waals surface area contributed by atoms with E-state index in [1.807, 2.05) is 52.4 Å². The molecule has 0 unspecified atom stereocenters. The van der Waals surface area contributed by atoms with Gasteiger partial charge in [0.2, 0.25) is 0 Å². The highest BCUT2D eigenvalue weighted by Crippen LogP contribution is 2.24. The van der Waals surface area contributed by atoms with E-state index in [1.165, 1.54) is 85.3 Å². The zero-order chi connectivity index (χ0) is 51.2. The second-order valence-electron chi connectivity index (χ2n) is 18.3. The van der Waals surface area contributed by atoms with Gasteiger partial charge in [0.05, 0.1) is 0 Å². The van der Waals surface area contributed by atoms with Crippen LogP contribution in [0.4, 0.5) is 0 Å². The van der Waals surface area contributed by atoms with E-state index in [0.29, 0.717) is 0 Å². The van der Waals surface area contributed by atoms with Crippen LogP contribution in [0.2, 0.25) is 124 Å². The largest absolute Gasteiger partial charge is 0.669 e. The molecule has 0 aromatic heterocycles. The van der Waals surface area contributed by atoms with Gasteiger partial charge in [-0.1, -0.05) is 7.43 Å². The average Bonchev–Trinajstić information content (AvgIpc) is 3.11. The van der Waals surface area contributed by atoms with Gasteiger partial charge in [-0.15, -0.1) is 0 Å². The molecule has 0 N–H and O–H groups in total. The first-order valence-corrected chi connectivity index (χ1v) is 51.1. The highest BCUT2D eigenvalue weighted by atomic mass is 28.5.